The van der Waals surface area contributed by atoms with E-state index in [-0.39, 0.29) is 5.60 Å². The van der Waals surface area contributed by atoms with Crippen LogP contribution in [0.25, 0.3) is 0 Å². The van der Waals surface area contributed by atoms with Crippen LogP contribution in [0.4, 0.5) is 0 Å². The van der Waals surface area contributed by atoms with Crippen LogP contribution in [-0.4, -0.2) is 24.8 Å². The van der Waals surface area contributed by atoms with E-state index in [0.717, 1.165) is 19.1 Å². The summed E-state index contributed by atoms with van der Waals surface area (Å²) in [7, 11) is 0. The predicted molar refractivity (Wildman–Crippen MR) is 79.0 cm³/mol. The first kappa shape index (κ1) is 16.0. The lowest BCUT2D eigenvalue weighted by molar-refractivity contribution is -0.0710. The smallest absolute Gasteiger partial charge is 0.0806 e. The van der Waals surface area contributed by atoms with E-state index in [1.807, 2.05) is 0 Å². The Balaban J connectivity index is 2.34. The van der Waals surface area contributed by atoms with Gasteiger partial charge in [-0.25, -0.2) is 0 Å². The zero-order valence-electron chi connectivity index (χ0n) is 12.9. The molecule has 1 fully saturated rings. The molecule has 1 aliphatic carbocycles. The van der Waals surface area contributed by atoms with E-state index in [9.17, 15) is 0 Å². The maximum Gasteiger partial charge on any atom is 0.0806 e. The molecule has 0 atom stereocenters. The van der Waals surface area contributed by atoms with Gasteiger partial charge in [0.15, 0.2) is 0 Å². The molecule has 0 aromatic heterocycles. The van der Waals surface area contributed by atoms with E-state index in [4.69, 9.17) is 4.74 Å². The lowest BCUT2D eigenvalue weighted by Crippen LogP contribution is -2.46. The van der Waals surface area contributed by atoms with Crippen molar-refractivity contribution in [1.29, 1.82) is 0 Å². The largest absolute Gasteiger partial charge is 0.374 e. The fourth-order valence-corrected chi connectivity index (χ4v) is 2.74. The predicted octanol–water partition coefficient (Wildman–Crippen LogP) is 4.14. The van der Waals surface area contributed by atoms with Gasteiger partial charge in [0.1, 0.15) is 0 Å². The monoisotopic (exact) mass is 255 g/mol. The fraction of sp³-hybridized carbons (Fsp3) is 1.00. The van der Waals surface area contributed by atoms with Gasteiger partial charge < -0.3 is 10.1 Å². The third-order valence-electron chi connectivity index (χ3n) is 3.93. The number of ether oxygens (including phenoxy) is 1. The summed E-state index contributed by atoms with van der Waals surface area (Å²) in [5.74, 6) is 0.796. The molecule has 1 aliphatic rings. The lowest BCUT2D eigenvalue weighted by atomic mass is 9.84. The van der Waals surface area contributed by atoms with E-state index in [1.165, 1.54) is 44.9 Å². The van der Waals surface area contributed by atoms with Gasteiger partial charge in [-0.2, -0.15) is 0 Å². The molecule has 0 unspecified atom stereocenters. The zero-order chi connectivity index (χ0) is 13.4. The van der Waals surface area contributed by atoms with E-state index < -0.39 is 0 Å². The first-order valence-electron chi connectivity index (χ1n) is 7.91. The van der Waals surface area contributed by atoms with Gasteiger partial charge in [-0.3, -0.25) is 0 Å². The van der Waals surface area contributed by atoms with Crippen molar-refractivity contribution in [3.63, 3.8) is 0 Å². The van der Waals surface area contributed by atoms with Crippen molar-refractivity contribution < 1.29 is 4.74 Å². The molecule has 1 N–H and O–H groups in total. The molecular formula is C16H33NO. The average molecular weight is 255 g/mol. The molecule has 0 aromatic carbocycles. The second-order valence-electron chi connectivity index (χ2n) is 6.66. The van der Waals surface area contributed by atoms with Crippen molar-refractivity contribution in [2.24, 2.45) is 5.92 Å². The maximum absolute atomic E-state index is 6.31. The minimum absolute atomic E-state index is 0.138. The summed E-state index contributed by atoms with van der Waals surface area (Å²) in [5, 5.41) is 3.58. The lowest BCUT2D eigenvalue weighted by Gasteiger charge is -2.38. The normalized spacial score (nSPS) is 19.7. The van der Waals surface area contributed by atoms with Crippen LogP contribution in [0.2, 0.25) is 0 Å². The molecule has 0 heterocycles. The summed E-state index contributed by atoms with van der Waals surface area (Å²) >= 11 is 0. The SMILES string of the molecule is CC(C)CCCOC1(CNC(C)C)CCCCC1. The van der Waals surface area contributed by atoms with Gasteiger partial charge >= 0.3 is 0 Å². The molecular weight excluding hydrogens is 222 g/mol. The highest BCUT2D eigenvalue weighted by molar-refractivity contribution is 4.87. The number of hydrogen-bond donors (Lipinski definition) is 1. The quantitative estimate of drug-likeness (QED) is 0.658. The van der Waals surface area contributed by atoms with E-state index >= 15 is 0 Å². The highest BCUT2D eigenvalue weighted by Gasteiger charge is 2.32. The van der Waals surface area contributed by atoms with Gasteiger partial charge in [0.25, 0.3) is 0 Å². The van der Waals surface area contributed by atoms with Crippen molar-refractivity contribution in [3.05, 3.63) is 0 Å². The Hall–Kier alpha value is -0.0800. The number of hydrogen-bond acceptors (Lipinski definition) is 2. The van der Waals surface area contributed by atoms with Gasteiger partial charge in [-0.05, 0) is 31.6 Å². The van der Waals surface area contributed by atoms with Crippen molar-refractivity contribution in [1.82, 2.24) is 5.32 Å². The Morgan fingerprint density at radius 3 is 2.28 bits per heavy atom. The molecule has 0 spiro atoms. The molecule has 1 saturated carbocycles. The van der Waals surface area contributed by atoms with Crippen molar-refractivity contribution in [2.45, 2.75) is 84.3 Å². The third kappa shape index (κ3) is 6.19. The first-order chi connectivity index (χ1) is 8.54. The van der Waals surface area contributed by atoms with Crippen molar-refractivity contribution in [2.75, 3.05) is 13.2 Å². The first-order valence-corrected chi connectivity index (χ1v) is 7.91. The Morgan fingerprint density at radius 1 is 1.06 bits per heavy atom. The molecule has 0 aliphatic heterocycles. The molecule has 0 saturated heterocycles. The van der Waals surface area contributed by atoms with Gasteiger partial charge in [0, 0.05) is 19.2 Å². The second-order valence-corrected chi connectivity index (χ2v) is 6.66. The molecule has 2 nitrogen and oxygen atoms in total. The topological polar surface area (TPSA) is 21.3 Å². The van der Waals surface area contributed by atoms with Crippen LogP contribution in [0.3, 0.4) is 0 Å². The molecule has 0 bridgehead atoms. The molecule has 18 heavy (non-hydrogen) atoms. The molecule has 1 rings (SSSR count). The van der Waals surface area contributed by atoms with Gasteiger partial charge in [0.2, 0.25) is 0 Å². The standard InChI is InChI=1S/C16H33NO/c1-14(2)9-8-12-18-16(13-17-15(3)4)10-6-5-7-11-16/h14-15,17H,5-13H2,1-4H3. The van der Waals surface area contributed by atoms with Crippen molar-refractivity contribution >= 4 is 0 Å². The maximum atomic E-state index is 6.31. The Kier molecular flexibility index (Phi) is 7.25. The average Bonchev–Trinajstić information content (AvgIpc) is 2.33. The highest BCUT2D eigenvalue weighted by Crippen LogP contribution is 2.31. The Bertz CT molecular complexity index is 207. The van der Waals surface area contributed by atoms with Gasteiger partial charge in [0.05, 0.1) is 5.60 Å². The fourth-order valence-electron chi connectivity index (χ4n) is 2.74. The highest BCUT2D eigenvalue weighted by atomic mass is 16.5. The summed E-state index contributed by atoms with van der Waals surface area (Å²) in [6.07, 6.45) is 9.05. The van der Waals surface area contributed by atoms with Crippen LogP contribution in [-0.2, 0) is 4.74 Å². The molecule has 0 amide bonds. The summed E-state index contributed by atoms with van der Waals surface area (Å²) in [4.78, 5) is 0. The van der Waals surface area contributed by atoms with Crippen LogP contribution in [0.5, 0.6) is 0 Å². The van der Waals surface area contributed by atoms with Crippen LogP contribution in [0.1, 0.15) is 72.6 Å². The zero-order valence-corrected chi connectivity index (χ0v) is 12.9. The minimum atomic E-state index is 0.138. The molecule has 2 heteroatoms. The number of nitrogens with one attached hydrogen (secondary N) is 1. The minimum Gasteiger partial charge on any atom is -0.374 e. The van der Waals surface area contributed by atoms with Crippen molar-refractivity contribution in [3.8, 4) is 0 Å². The Morgan fingerprint density at radius 2 is 1.72 bits per heavy atom. The summed E-state index contributed by atoms with van der Waals surface area (Å²) in [5.41, 5.74) is 0.138. The summed E-state index contributed by atoms with van der Waals surface area (Å²) in [6.45, 7) is 11.0. The van der Waals surface area contributed by atoms with Gasteiger partial charge in [-0.1, -0.05) is 47.0 Å². The Labute approximate surface area is 114 Å². The van der Waals surface area contributed by atoms with E-state index in [1.54, 1.807) is 0 Å². The van der Waals surface area contributed by atoms with Crippen LogP contribution < -0.4 is 5.32 Å². The summed E-state index contributed by atoms with van der Waals surface area (Å²) in [6, 6.07) is 0.558. The molecule has 0 aromatic rings. The summed E-state index contributed by atoms with van der Waals surface area (Å²) < 4.78 is 6.31. The van der Waals surface area contributed by atoms with Gasteiger partial charge in [-0.15, -0.1) is 0 Å². The van der Waals surface area contributed by atoms with Crippen LogP contribution in [0, 0.1) is 5.92 Å². The second kappa shape index (κ2) is 8.16. The van der Waals surface area contributed by atoms with E-state index in [2.05, 4.69) is 33.0 Å². The molecule has 0 radical (unpaired) electrons. The van der Waals surface area contributed by atoms with Crippen LogP contribution >= 0.6 is 0 Å². The van der Waals surface area contributed by atoms with Crippen LogP contribution in [0.15, 0.2) is 0 Å². The third-order valence-corrected chi connectivity index (χ3v) is 3.93. The number of rotatable bonds is 8. The van der Waals surface area contributed by atoms with E-state index in [0.29, 0.717) is 6.04 Å². The molecule has 108 valence electrons.